The second-order valence-electron chi connectivity index (χ2n) is 4.46. The molecule has 4 nitrogen and oxygen atoms in total. The van der Waals surface area contributed by atoms with Crippen LogP contribution in [0.15, 0.2) is 0 Å². The summed E-state index contributed by atoms with van der Waals surface area (Å²) in [5.74, 6) is 0.0879. The second kappa shape index (κ2) is 11.4. The number of aliphatic hydroxyl groups is 4. The SMILES string of the molecule is OCC(O)CCCC(CCCCBr)C(O)CO. The van der Waals surface area contributed by atoms with E-state index in [1.54, 1.807) is 0 Å². The van der Waals surface area contributed by atoms with Gasteiger partial charge in [0.15, 0.2) is 0 Å². The van der Waals surface area contributed by atoms with Gasteiger partial charge in [-0.15, -0.1) is 0 Å². The van der Waals surface area contributed by atoms with Crippen LogP contribution in [-0.4, -0.2) is 51.2 Å². The summed E-state index contributed by atoms with van der Waals surface area (Å²) < 4.78 is 0. The summed E-state index contributed by atoms with van der Waals surface area (Å²) in [5.41, 5.74) is 0. The number of hydrogen-bond acceptors (Lipinski definition) is 4. The van der Waals surface area contributed by atoms with Gasteiger partial charge in [-0.1, -0.05) is 28.8 Å². The molecular formula is C12H25BrO4. The molecule has 0 aliphatic heterocycles. The van der Waals surface area contributed by atoms with E-state index in [4.69, 9.17) is 10.2 Å². The third-order valence-electron chi connectivity index (χ3n) is 3.01. The molecule has 0 saturated heterocycles. The first-order valence-electron chi connectivity index (χ1n) is 6.29. The molecule has 104 valence electrons. The molecule has 0 rings (SSSR count). The molecule has 0 spiro atoms. The monoisotopic (exact) mass is 312 g/mol. The minimum absolute atomic E-state index is 0.0879. The molecule has 0 bridgehead atoms. The fourth-order valence-electron chi connectivity index (χ4n) is 1.89. The summed E-state index contributed by atoms with van der Waals surface area (Å²) in [7, 11) is 0. The van der Waals surface area contributed by atoms with E-state index in [2.05, 4.69) is 15.9 Å². The van der Waals surface area contributed by atoms with Crippen molar-refractivity contribution in [3.63, 3.8) is 0 Å². The fraction of sp³-hybridized carbons (Fsp3) is 1.00. The summed E-state index contributed by atoms with van der Waals surface area (Å²) in [6.45, 7) is -0.418. The van der Waals surface area contributed by atoms with Crippen molar-refractivity contribution in [3.8, 4) is 0 Å². The predicted octanol–water partition coefficient (Wildman–Crippen LogP) is 1.04. The number of rotatable bonds is 11. The molecule has 0 radical (unpaired) electrons. The van der Waals surface area contributed by atoms with E-state index in [1.165, 1.54) is 0 Å². The Labute approximate surface area is 112 Å². The van der Waals surface area contributed by atoms with Gasteiger partial charge in [0.2, 0.25) is 0 Å². The van der Waals surface area contributed by atoms with Gasteiger partial charge in [-0.25, -0.2) is 0 Å². The largest absolute Gasteiger partial charge is 0.394 e. The summed E-state index contributed by atoms with van der Waals surface area (Å²) in [4.78, 5) is 0. The van der Waals surface area contributed by atoms with E-state index in [0.717, 1.165) is 37.4 Å². The summed E-state index contributed by atoms with van der Waals surface area (Å²) in [6, 6.07) is 0. The van der Waals surface area contributed by atoms with Gasteiger partial charge in [-0.2, -0.15) is 0 Å². The molecule has 0 amide bonds. The Morgan fingerprint density at radius 2 is 1.47 bits per heavy atom. The summed E-state index contributed by atoms with van der Waals surface area (Å²) >= 11 is 3.36. The molecule has 5 heteroatoms. The molecule has 0 aromatic carbocycles. The third kappa shape index (κ3) is 8.97. The highest BCUT2D eigenvalue weighted by Crippen LogP contribution is 2.20. The Morgan fingerprint density at radius 3 is 2.00 bits per heavy atom. The first-order valence-corrected chi connectivity index (χ1v) is 7.41. The van der Waals surface area contributed by atoms with E-state index in [9.17, 15) is 10.2 Å². The van der Waals surface area contributed by atoms with Gasteiger partial charge in [0.25, 0.3) is 0 Å². The zero-order valence-corrected chi connectivity index (χ0v) is 11.8. The molecule has 0 aliphatic carbocycles. The second-order valence-corrected chi connectivity index (χ2v) is 5.26. The van der Waals surface area contributed by atoms with Crippen molar-refractivity contribution in [2.75, 3.05) is 18.5 Å². The highest BCUT2D eigenvalue weighted by molar-refractivity contribution is 9.09. The van der Waals surface area contributed by atoms with E-state index < -0.39 is 12.2 Å². The standard InChI is InChI=1S/C12H25BrO4/c13-7-2-1-4-10(12(17)9-15)5-3-6-11(16)8-14/h10-12,14-17H,1-9H2. The first kappa shape index (κ1) is 17.3. The van der Waals surface area contributed by atoms with Crippen LogP contribution in [0.2, 0.25) is 0 Å². The van der Waals surface area contributed by atoms with Gasteiger partial charge < -0.3 is 20.4 Å². The Hall–Kier alpha value is 0.320. The van der Waals surface area contributed by atoms with Gasteiger partial charge in [0.1, 0.15) is 0 Å². The molecule has 0 aromatic rings. The van der Waals surface area contributed by atoms with Gasteiger partial charge in [0, 0.05) is 5.33 Å². The number of halogens is 1. The average molecular weight is 313 g/mol. The lowest BCUT2D eigenvalue weighted by atomic mass is 9.90. The number of aliphatic hydroxyl groups excluding tert-OH is 4. The van der Waals surface area contributed by atoms with Crippen LogP contribution in [0.1, 0.15) is 38.5 Å². The highest BCUT2D eigenvalue weighted by atomic mass is 79.9. The van der Waals surface area contributed by atoms with Crippen LogP contribution in [0.4, 0.5) is 0 Å². The minimum Gasteiger partial charge on any atom is -0.394 e. The Bertz CT molecular complexity index is 169. The Balaban J connectivity index is 3.84. The van der Waals surface area contributed by atoms with Gasteiger partial charge in [-0.05, 0) is 31.6 Å². The average Bonchev–Trinajstić information content (AvgIpc) is 2.35. The quantitative estimate of drug-likeness (QED) is 0.339. The van der Waals surface area contributed by atoms with Crippen molar-refractivity contribution >= 4 is 15.9 Å². The van der Waals surface area contributed by atoms with E-state index in [1.807, 2.05) is 0 Å². The molecule has 3 unspecified atom stereocenters. The molecule has 0 heterocycles. The van der Waals surface area contributed by atoms with Crippen molar-refractivity contribution in [2.24, 2.45) is 5.92 Å². The molecule has 0 aromatic heterocycles. The lowest BCUT2D eigenvalue weighted by molar-refractivity contribution is 0.0346. The van der Waals surface area contributed by atoms with Gasteiger partial charge >= 0.3 is 0 Å². The van der Waals surface area contributed by atoms with Crippen LogP contribution in [0, 0.1) is 5.92 Å². The number of hydrogen-bond donors (Lipinski definition) is 4. The highest BCUT2D eigenvalue weighted by Gasteiger charge is 2.18. The lowest BCUT2D eigenvalue weighted by Crippen LogP contribution is -2.25. The molecule has 0 aliphatic rings. The van der Waals surface area contributed by atoms with Crippen LogP contribution < -0.4 is 0 Å². The topological polar surface area (TPSA) is 80.9 Å². The predicted molar refractivity (Wildman–Crippen MR) is 71.2 cm³/mol. The first-order chi connectivity index (χ1) is 8.15. The van der Waals surface area contributed by atoms with Crippen molar-refractivity contribution in [2.45, 2.75) is 50.7 Å². The van der Waals surface area contributed by atoms with Crippen molar-refractivity contribution in [1.29, 1.82) is 0 Å². The van der Waals surface area contributed by atoms with E-state index >= 15 is 0 Å². The maximum Gasteiger partial charge on any atom is 0.0799 e. The maximum absolute atomic E-state index is 9.67. The minimum atomic E-state index is -0.670. The molecule has 4 N–H and O–H groups in total. The zero-order chi connectivity index (χ0) is 13.1. The van der Waals surface area contributed by atoms with Crippen molar-refractivity contribution in [1.82, 2.24) is 0 Å². The van der Waals surface area contributed by atoms with Gasteiger partial charge in [-0.3, -0.25) is 0 Å². The number of unbranched alkanes of at least 4 members (excludes halogenated alkanes) is 1. The van der Waals surface area contributed by atoms with Crippen LogP contribution in [0.5, 0.6) is 0 Å². The normalized spacial score (nSPS) is 16.8. The molecule has 0 saturated carbocycles. The molecule has 0 fully saturated rings. The summed E-state index contributed by atoms with van der Waals surface area (Å²) in [6.07, 6.45) is 3.73. The Kier molecular flexibility index (Phi) is 11.6. The van der Waals surface area contributed by atoms with Crippen LogP contribution in [0.25, 0.3) is 0 Å². The van der Waals surface area contributed by atoms with E-state index in [-0.39, 0.29) is 19.1 Å². The van der Waals surface area contributed by atoms with Crippen LogP contribution in [-0.2, 0) is 0 Å². The molecule has 3 atom stereocenters. The number of alkyl halides is 1. The lowest BCUT2D eigenvalue weighted by Gasteiger charge is -2.21. The zero-order valence-electron chi connectivity index (χ0n) is 10.3. The summed E-state index contributed by atoms with van der Waals surface area (Å²) in [5, 5.41) is 37.5. The fourth-order valence-corrected chi connectivity index (χ4v) is 2.28. The van der Waals surface area contributed by atoms with Crippen LogP contribution >= 0.6 is 15.9 Å². The Morgan fingerprint density at radius 1 is 0.824 bits per heavy atom. The van der Waals surface area contributed by atoms with Gasteiger partial charge in [0.05, 0.1) is 25.4 Å². The molecular weight excluding hydrogens is 288 g/mol. The van der Waals surface area contributed by atoms with Crippen molar-refractivity contribution < 1.29 is 20.4 Å². The third-order valence-corrected chi connectivity index (χ3v) is 3.57. The smallest absolute Gasteiger partial charge is 0.0799 e. The van der Waals surface area contributed by atoms with E-state index in [0.29, 0.717) is 6.42 Å². The maximum atomic E-state index is 9.67. The van der Waals surface area contributed by atoms with Crippen molar-refractivity contribution in [3.05, 3.63) is 0 Å². The molecule has 17 heavy (non-hydrogen) atoms. The van der Waals surface area contributed by atoms with Crippen LogP contribution in [0.3, 0.4) is 0 Å².